The summed E-state index contributed by atoms with van der Waals surface area (Å²) in [6.45, 7) is 2.00. The average molecular weight is 244 g/mol. The van der Waals surface area contributed by atoms with Crippen LogP contribution < -0.4 is 10.2 Å². The van der Waals surface area contributed by atoms with E-state index in [0.717, 1.165) is 24.5 Å². The Hall–Kier alpha value is -1.39. The van der Waals surface area contributed by atoms with Crippen molar-refractivity contribution in [2.24, 2.45) is 0 Å². The Morgan fingerprint density at radius 1 is 1.24 bits per heavy atom. The lowest BCUT2D eigenvalue weighted by Gasteiger charge is -2.32. The second-order valence-electron chi connectivity index (χ2n) is 4.15. The Balaban J connectivity index is 1.95. The summed E-state index contributed by atoms with van der Waals surface area (Å²) in [5.41, 5.74) is 2.01. The molecule has 0 aliphatic carbocycles. The van der Waals surface area contributed by atoms with Gasteiger partial charge in [0.15, 0.2) is 0 Å². The molecule has 0 saturated carbocycles. The molecule has 1 aliphatic rings. The highest BCUT2D eigenvalue weighted by Crippen LogP contribution is 2.29. The zero-order chi connectivity index (χ0) is 12.3. The number of alkyl halides is 3. The first-order valence-corrected chi connectivity index (χ1v) is 5.71. The minimum absolute atomic E-state index is 0.151. The molecule has 1 heterocycles. The van der Waals surface area contributed by atoms with E-state index in [0.29, 0.717) is 6.54 Å². The van der Waals surface area contributed by atoms with Crippen molar-refractivity contribution in [1.82, 2.24) is 0 Å². The molecule has 0 atom stereocenters. The van der Waals surface area contributed by atoms with Crippen LogP contribution in [0.3, 0.4) is 0 Å². The molecule has 0 saturated heterocycles. The molecule has 0 aromatic heterocycles. The SMILES string of the molecule is FC(F)(F)CCCN1CCNc2ccccc21. The van der Waals surface area contributed by atoms with Gasteiger partial charge in [0.1, 0.15) is 0 Å². The van der Waals surface area contributed by atoms with Gasteiger partial charge >= 0.3 is 6.18 Å². The number of halogens is 3. The maximum atomic E-state index is 12.1. The van der Waals surface area contributed by atoms with Gasteiger partial charge in [0.05, 0.1) is 11.4 Å². The zero-order valence-corrected chi connectivity index (χ0v) is 9.43. The highest BCUT2D eigenvalue weighted by molar-refractivity contribution is 5.71. The Morgan fingerprint density at radius 2 is 2.00 bits per heavy atom. The van der Waals surface area contributed by atoms with E-state index in [4.69, 9.17) is 0 Å². The van der Waals surface area contributed by atoms with E-state index in [2.05, 4.69) is 5.32 Å². The maximum Gasteiger partial charge on any atom is 0.389 e. The monoisotopic (exact) mass is 244 g/mol. The third kappa shape index (κ3) is 3.28. The van der Waals surface area contributed by atoms with Crippen molar-refractivity contribution in [1.29, 1.82) is 0 Å². The minimum atomic E-state index is -4.05. The second kappa shape index (κ2) is 4.85. The lowest BCUT2D eigenvalue weighted by Crippen LogP contribution is -2.35. The Bertz CT molecular complexity index is 376. The first kappa shape index (κ1) is 12.1. The van der Waals surface area contributed by atoms with Gasteiger partial charge in [-0.2, -0.15) is 13.2 Å². The molecule has 5 heteroatoms. The summed E-state index contributed by atoms with van der Waals surface area (Å²) < 4.78 is 36.2. The fraction of sp³-hybridized carbons (Fsp3) is 0.500. The summed E-state index contributed by atoms with van der Waals surface area (Å²) in [5, 5.41) is 3.24. The van der Waals surface area contributed by atoms with E-state index in [1.807, 2.05) is 29.2 Å². The number of para-hydroxylation sites is 2. The molecule has 0 unspecified atom stereocenters. The van der Waals surface area contributed by atoms with Gasteiger partial charge in [-0.1, -0.05) is 12.1 Å². The molecule has 0 amide bonds. The second-order valence-corrected chi connectivity index (χ2v) is 4.15. The summed E-state index contributed by atoms with van der Waals surface area (Å²) in [7, 11) is 0. The number of anilines is 2. The number of nitrogens with one attached hydrogen (secondary N) is 1. The van der Waals surface area contributed by atoms with Crippen LogP contribution in [0.25, 0.3) is 0 Å². The van der Waals surface area contributed by atoms with Gasteiger partial charge in [0.25, 0.3) is 0 Å². The van der Waals surface area contributed by atoms with Crippen LogP contribution in [0.4, 0.5) is 24.5 Å². The van der Waals surface area contributed by atoms with E-state index in [9.17, 15) is 13.2 Å². The van der Waals surface area contributed by atoms with E-state index < -0.39 is 12.6 Å². The summed E-state index contributed by atoms with van der Waals surface area (Å²) in [6.07, 6.45) is -4.61. The van der Waals surface area contributed by atoms with Crippen LogP contribution in [0.2, 0.25) is 0 Å². The summed E-state index contributed by atoms with van der Waals surface area (Å²) >= 11 is 0. The number of fused-ring (bicyclic) bond motifs is 1. The molecule has 1 N–H and O–H groups in total. The van der Waals surface area contributed by atoms with Crippen LogP contribution in [0, 0.1) is 0 Å². The molecule has 0 bridgehead atoms. The molecule has 1 aromatic carbocycles. The first-order valence-electron chi connectivity index (χ1n) is 5.71. The lowest BCUT2D eigenvalue weighted by atomic mass is 10.2. The van der Waals surface area contributed by atoms with E-state index >= 15 is 0 Å². The largest absolute Gasteiger partial charge is 0.389 e. The number of hydrogen-bond acceptors (Lipinski definition) is 2. The van der Waals surface area contributed by atoms with Gasteiger partial charge in [0, 0.05) is 26.1 Å². The van der Waals surface area contributed by atoms with Crippen molar-refractivity contribution < 1.29 is 13.2 Å². The maximum absolute atomic E-state index is 12.1. The average Bonchev–Trinajstić information content (AvgIpc) is 2.28. The van der Waals surface area contributed by atoms with Gasteiger partial charge in [-0.05, 0) is 18.6 Å². The fourth-order valence-electron chi connectivity index (χ4n) is 2.05. The van der Waals surface area contributed by atoms with Gasteiger partial charge in [-0.15, -0.1) is 0 Å². The number of rotatable bonds is 3. The first-order chi connectivity index (χ1) is 8.06. The highest BCUT2D eigenvalue weighted by atomic mass is 19.4. The Labute approximate surface area is 98.4 Å². The van der Waals surface area contributed by atoms with Crippen LogP contribution in [0.5, 0.6) is 0 Å². The van der Waals surface area contributed by atoms with Crippen molar-refractivity contribution in [3.05, 3.63) is 24.3 Å². The third-order valence-corrected chi connectivity index (χ3v) is 2.83. The Morgan fingerprint density at radius 3 is 2.76 bits per heavy atom. The smallest absolute Gasteiger partial charge is 0.382 e. The number of nitrogens with zero attached hydrogens (tertiary/aromatic N) is 1. The van der Waals surface area contributed by atoms with Crippen LogP contribution in [0.15, 0.2) is 24.3 Å². The predicted molar refractivity (Wildman–Crippen MR) is 62.4 cm³/mol. The van der Waals surface area contributed by atoms with Crippen molar-refractivity contribution >= 4 is 11.4 Å². The molecule has 17 heavy (non-hydrogen) atoms. The zero-order valence-electron chi connectivity index (χ0n) is 9.43. The molecule has 1 aliphatic heterocycles. The van der Waals surface area contributed by atoms with Crippen molar-refractivity contribution in [3.8, 4) is 0 Å². The molecule has 1 aromatic rings. The van der Waals surface area contributed by atoms with Gasteiger partial charge < -0.3 is 10.2 Å². The van der Waals surface area contributed by atoms with Crippen LogP contribution in [0.1, 0.15) is 12.8 Å². The number of hydrogen-bond donors (Lipinski definition) is 1. The van der Waals surface area contributed by atoms with Gasteiger partial charge in [-0.25, -0.2) is 0 Å². The highest BCUT2D eigenvalue weighted by Gasteiger charge is 2.27. The molecular formula is C12H15F3N2. The molecule has 0 spiro atoms. The molecule has 2 rings (SSSR count). The molecular weight excluding hydrogens is 229 g/mol. The van der Waals surface area contributed by atoms with E-state index in [1.54, 1.807) is 0 Å². The molecule has 2 nitrogen and oxygen atoms in total. The summed E-state index contributed by atoms with van der Waals surface area (Å²) in [6, 6.07) is 7.72. The molecule has 0 radical (unpaired) electrons. The predicted octanol–water partition coefficient (Wildman–Crippen LogP) is 3.26. The topological polar surface area (TPSA) is 15.3 Å². The molecule has 0 fully saturated rings. The van der Waals surface area contributed by atoms with Crippen molar-refractivity contribution in [3.63, 3.8) is 0 Å². The molecule has 94 valence electrons. The minimum Gasteiger partial charge on any atom is -0.382 e. The Kier molecular flexibility index (Phi) is 3.45. The van der Waals surface area contributed by atoms with Gasteiger partial charge in [-0.3, -0.25) is 0 Å². The van der Waals surface area contributed by atoms with Crippen LogP contribution in [-0.4, -0.2) is 25.8 Å². The third-order valence-electron chi connectivity index (χ3n) is 2.83. The number of benzene rings is 1. The van der Waals surface area contributed by atoms with Crippen LogP contribution in [-0.2, 0) is 0 Å². The van der Waals surface area contributed by atoms with E-state index in [-0.39, 0.29) is 6.42 Å². The fourth-order valence-corrected chi connectivity index (χ4v) is 2.05. The normalized spacial score (nSPS) is 15.4. The van der Waals surface area contributed by atoms with Crippen molar-refractivity contribution in [2.45, 2.75) is 19.0 Å². The summed E-state index contributed by atoms with van der Waals surface area (Å²) in [4.78, 5) is 2.01. The van der Waals surface area contributed by atoms with Crippen molar-refractivity contribution in [2.75, 3.05) is 29.9 Å². The van der Waals surface area contributed by atoms with Crippen LogP contribution >= 0.6 is 0 Å². The summed E-state index contributed by atoms with van der Waals surface area (Å²) in [5.74, 6) is 0. The standard InChI is InChI=1S/C12H15F3N2/c13-12(14,15)6-3-8-17-9-7-16-10-4-1-2-5-11(10)17/h1-2,4-5,16H,3,6-9H2. The lowest BCUT2D eigenvalue weighted by molar-refractivity contribution is -0.135. The van der Waals surface area contributed by atoms with E-state index in [1.165, 1.54) is 0 Å². The quantitative estimate of drug-likeness (QED) is 0.878. The van der Waals surface area contributed by atoms with Gasteiger partial charge in [0.2, 0.25) is 0 Å².